The number of aromatic nitrogens is 1. The van der Waals surface area contributed by atoms with Crippen LogP contribution in [-0.2, 0) is 6.54 Å². The standard InChI is InChI=1S/C12H20N2O/c1-3-6-14(8-11-4-5-11)9-12-7-10(2)13-15-12/h7,11H,3-6,8-9H2,1-2H3. The van der Waals surface area contributed by atoms with Crippen molar-refractivity contribution in [3.63, 3.8) is 0 Å². The van der Waals surface area contributed by atoms with Gasteiger partial charge in [-0.25, -0.2) is 0 Å². The van der Waals surface area contributed by atoms with Gasteiger partial charge in [-0.1, -0.05) is 12.1 Å². The largest absolute Gasteiger partial charge is 0.360 e. The summed E-state index contributed by atoms with van der Waals surface area (Å²) in [5.41, 5.74) is 0.980. The van der Waals surface area contributed by atoms with Crippen molar-refractivity contribution < 1.29 is 4.52 Å². The third kappa shape index (κ3) is 3.34. The molecule has 3 nitrogen and oxygen atoms in total. The lowest BCUT2D eigenvalue weighted by atomic mass is 10.3. The van der Waals surface area contributed by atoms with Crippen LogP contribution in [0.15, 0.2) is 10.6 Å². The van der Waals surface area contributed by atoms with Gasteiger partial charge in [-0.3, -0.25) is 4.90 Å². The normalized spacial score (nSPS) is 16.2. The fraction of sp³-hybridized carbons (Fsp3) is 0.750. The summed E-state index contributed by atoms with van der Waals surface area (Å²) in [6.45, 7) is 7.51. The van der Waals surface area contributed by atoms with Crippen molar-refractivity contribution in [3.05, 3.63) is 17.5 Å². The van der Waals surface area contributed by atoms with Gasteiger partial charge in [-0.2, -0.15) is 0 Å². The minimum atomic E-state index is 0.922. The summed E-state index contributed by atoms with van der Waals surface area (Å²) >= 11 is 0. The van der Waals surface area contributed by atoms with E-state index in [1.165, 1.54) is 25.8 Å². The minimum Gasteiger partial charge on any atom is -0.360 e. The highest BCUT2D eigenvalue weighted by Gasteiger charge is 2.24. The zero-order valence-electron chi connectivity index (χ0n) is 9.70. The van der Waals surface area contributed by atoms with Gasteiger partial charge in [0.2, 0.25) is 0 Å². The van der Waals surface area contributed by atoms with Gasteiger partial charge in [0.1, 0.15) is 0 Å². The first-order valence-electron chi connectivity index (χ1n) is 5.92. The molecule has 2 rings (SSSR count). The zero-order chi connectivity index (χ0) is 10.7. The molecule has 1 aliphatic rings. The predicted molar refractivity (Wildman–Crippen MR) is 59.5 cm³/mol. The molecule has 0 unspecified atom stereocenters. The predicted octanol–water partition coefficient (Wildman–Crippen LogP) is 2.61. The van der Waals surface area contributed by atoms with Crippen LogP contribution in [0.25, 0.3) is 0 Å². The van der Waals surface area contributed by atoms with Crippen LogP contribution >= 0.6 is 0 Å². The van der Waals surface area contributed by atoms with Crippen LogP contribution in [0.3, 0.4) is 0 Å². The molecule has 84 valence electrons. The molecule has 0 radical (unpaired) electrons. The average Bonchev–Trinajstić information content (AvgIpc) is 2.90. The van der Waals surface area contributed by atoms with Gasteiger partial charge < -0.3 is 4.52 Å². The summed E-state index contributed by atoms with van der Waals surface area (Å²) in [5, 5.41) is 3.92. The van der Waals surface area contributed by atoms with Gasteiger partial charge in [0, 0.05) is 12.6 Å². The summed E-state index contributed by atoms with van der Waals surface area (Å²) < 4.78 is 5.25. The fourth-order valence-electron chi connectivity index (χ4n) is 1.93. The molecule has 1 aromatic heterocycles. The molecule has 1 saturated carbocycles. The Morgan fingerprint density at radius 3 is 2.87 bits per heavy atom. The van der Waals surface area contributed by atoms with Crippen molar-refractivity contribution in [1.82, 2.24) is 10.1 Å². The van der Waals surface area contributed by atoms with Gasteiger partial charge in [0.05, 0.1) is 12.2 Å². The maximum Gasteiger partial charge on any atom is 0.150 e. The van der Waals surface area contributed by atoms with Crippen molar-refractivity contribution in [2.24, 2.45) is 5.92 Å². The highest BCUT2D eigenvalue weighted by Crippen LogP contribution is 2.30. The number of aryl methyl sites for hydroxylation is 1. The van der Waals surface area contributed by atoms with E-state index in [4.69, 9.17) is 4.52 Å². The maximum absolute atomic E-state index is 5.25. The molecular weight excluding hydrogens is 188 g/mol. The topological polar surface area (TPSA) is 29.3 Å². The zero-order valence-corrected chi connectivity index (χ0v) is 9.70. The first kappa shape index (κ1) is 10.7. The van der Waals surface area contributed by atoms with Crippen molar-refractivity contribution in [2.75, 3.05) is 13.1 Å². The van der Waals surface area contributed by atoms with Crippen molar-refractivity contribution in [1.29, 1.82) is 0 Å². The summed E-state index contributed by atoms with van der Waals surface area (Å²) in [5.74, 6) is 1.95. The molecule has 0 atom stereocenters. The Morgan fingerprint density at radius 1 is 1.53 bits per heavy atom. The Labute approximate surface area is 91.4 Å². The van der Waals surface area contributed by atoms with E-state index in [0.29, 0.717) is 0 Å². The minimum absolute atomic E-state index is 0.922. The highest BCUT2D eigenvalue weighted by molar-refractivity contribution is 5.02. The van der Waals surface area contributed by atoms with E-state index < -0.39 is 0 Å². The Balaban J connectivity index is 1.86. The molecule has 1 aromatic rings. The van der Waals surface area contributed by atoms with Crippen molar-refractivity contribution in [3.8, 4) is 0 Å². The van der Waals surface area contributed by atoms with E-state index in [2.05, 4.69) is 17.0 Å². The monoisotopic (exact) mass is 208 g/mol. The van der Waals surface area contributed by atoms with Crippen molar-refractivity contribution >= 4 is 0 Å². The number of rotatable bonds is 6. The van der Waals surface area contributed by atoms with Crippen LogP contribution in [0.5, 0.6) is 0 Å². The van der Waals surface area contributed by atoms with Gasteiger partial charge in [-0.15, -0.1) is 0 Å². The second-order valence-electron chi connectivity index (χ2n) is 4.61. The van der Waals surface area contributed by atoms with Crippen LogP contribution in [0.2, 0.25) is 0 Å². The Kier molecular flexibility index (Phi) is 3.41. The van der Waals surface area contributed by atoms with Crippen LogP contribution in [0, 0.1) is 12.8 Å². The van der Waals surface area contributed by atoms with Gasteiger partial charge in [0.15, 0.2) is 5.76 Å². The second-order valence-corrected chi connectivity index (χ2v) is 4.61. The highest BCUT2D eigenvalue weighted by atomic mass is 16.5. The third-order valence-electron chi connectivity index (χ3n) is 2.81. The smallest absolute Gasteiger partial charge is 0.150 e. The molecule has 1 heterocycles. The molecule has 0 amide bonds. The number of hydrogen-bond donors (Lipinski definition) is 0. The molecular formula is C12H20N2O. The summed E-state index contributed by atoms with van der Waals surface area (Å²) in [6.07, 6.45) is 4.03. The van der Waals surface area contributed by atoms with Crippen LogP contribution in [0.4, 0.5) is 0 Å². The molecule has 15 heavy (non-hydrogen) atoms. The Morgan fingerprint density at radius 2 is 2.33 bits per heavy atom. The molecule has 0 saturated heterocycles. The second kappa shape index (κ2) is 4.79. The lowest BCUT2D eigenvalue weighted by Crippen LogP contribution is -2.26. The average molecular weight is 208 g/mol. The SMILES string of the molecule is CCCN(Cc1cc(C)no1)CC1CC1. The van der Waals surface area contributed by atoms with E-state index in [-0.39, 0.29) is 0 Å². The summed E-state index contributed by atoms with van der Waals surface area (Å²) in [6, 6.07) is 2.04. The van der Waals surface area contributed by atoms with Crippen molar-refractivity contribution in [2.45, 2.75) is 39.7 Å². The van der Waals surface area contributed by atoms with Crippen LogP contribution < -0.4 is 0 Å². The van der Waals surface area contributed by atoms with E-state index in [1.807, 2.05) is 13.0 Å². The maximum atomic E-state index is 5.25. The molecule has 0 aromatic carbocycles. The van der Waals surface area contributed by atoms with Gasteiger partial charge in [0.25, 0.3) is 0 Å². The van der Waals surface area contributed by atoms with E-state index in [9.17, 15) is 0 Å². The van der Waals surface area contributed by atoms with Crippen LogP contribution in [0.1, 0.15) is 37.6 Å². The first-order valence-corrected chi connectivity index (χ1v) is 5.92. The van der Waals surface area contributed by atoms with E-state index >= 15 is 0 Å². The van der Waals surface area contributed by atoms with Crippen LogP contribution in [-0.4, -0.2) is 23.1 Å². The van der Waals surface area contributed by atoms with E-state index in [1.54, 1.807) is 0 Å². The molecule has 1 aliphatic carbocycles. The molecule has 0 spiro atoms. The quantitative estimate of drug-likeness (QED) is 0.719. The molecule has 0 bridgehead atoms. The molecule has 0 N–H and O–H groups in total. The third-order valence-corrected chi connectivity index (χ3v) is 2.81. The first-order chi connectivity index (χ1) is 7.28. The van der Waals surface area contributed by atoms with Gasteiger partial charge >= 0.3 is 0 Å². The number of hydrogen-bond acceptors (Lipinski definition) is 3. The molecule has 1 fully saturated rings. The molecule has 3 heteroatoms. The lowest BCUT2D eigenvalue weighted by Gasteiger charge is -2.19. The lowest BCUT2D eigenvalue weighted by molar-refractivity contribution is 0.223. The van der Waals surface area contributed by atoms with E-state index in [0.717, 1.165) is 30.5 Å². The summed E-state index contributed by atoms with van der Waals surface area (Å²) in [7, 11) is 0. The number of nitrogens with zero attached hydrogens (tertiary/aromatic N) is 2. The fourth-order valence-corrected chi connectivity index (χ4v) is 1.93. The molecule has 0 aliphatic heterocycles. The van der Waals surface area contributed by atoms with Gasteiger partial charge in [-0.05, 0) is 38.6 Å². The summed E-state index contributed by atoms with van der Waals surface area (Å²) in [4.78, 5) is 2.48. The Hall–Kier alpha value is -0.830. The Bertz CT molecular complexity index is 304.